The highest BCUT2D eigenvalue weighted by atomic mass is 32.2. The zero-order valence-corrected chi connectivity index (χ0v) is 9.63. The molecule has 15 heavy (non-hydrogen) atoms. The molecule has 0 N–H and O–H groups in total. The molecule has 0 aliphatic carbocycles. The van der Waals surface area contributed by atoms with Crippen LogP contribution in [-0.4, -0.2) is 20.7 Å². The summed E-state index contributed by atoms with van der Waals surface area (Å²) in [6.45, 7) is 2.67. The van der Waals surface area contributed by atoms with Crippen LogP contribution in [0.4, 0.5) is 5.69 Å². The first-order chi connectivity index (χ1) is 7.15. The van der Waals surface area contributed by atoms with Crippen molar-refractivity contribution >= 4 is 15.7 Å². The molecule has 82 valence electrons. The summed E-state index contributed by atoms with van der Waals surface area (Å²) in [5.41, 5.74) is 1.96. The lowest BCUT2D eigenvalue weighted by atomic mass is 10.1. The summed E-state index contributed by atoms with van der Waals surface area (Å²) in [4.78, 5) is 0. The van der Waals surface area contributed by atoms with E-state index in [1.54, 1.807) is 4.31 Å². The number of nitrogens with zero attached hydrogens (tertiary/aromatic N) is 1. The molecule has 2 rings (SSSR count). The van der Waals surface area contributed by atoms with Crippen LogP contribution in [0.5, 0.6) is 0 Å². The Kier molecular flexibility index (Phi) is 2.69. The van der Waals surface area contributed by atoms with Gasteiger partial charge >= 0.3 is 0 Å². The Labute approximate surface area is 90.8 Å². The third-order valence-corrected chi connectivity index (χ3v) is 4.60. The second-order valence-corrected chi connectivity index (χ2v) is 5.74. The van der Waals surface area contributed by atoms with E-state index in [0.717, 1.165) is 24.1 Å². The van der Waals surface area contributed by atoms with Gasteiger partial charge in [0.1, 0.15) is 0 Å². The van der Waals surface area contributed by atoms with E-state index < -0.39 is 10.0 Å². The van der Waals surface area contributed by atoms with Gasteiger partial charge in [0, 0.05) is 6.54 Å². The fourth-order valence-corrected chi connectivity index (χ4v) is 3.56. The van der Waals surface area contributed by atoms with Gasteiger partial charge < -0.3 is 0 Å². The molecule has 1 heterocycles. The van der Waals surface area contributed by atoms with Gasteiger partial charge in [0.25, 0.3) is 0 Å². The minimum Gasteiger partial charge on any atom is -0.270 e. The standard InChI is InChI=1S/C11H15NO2S/c1-2-10-6-3-4-7-11(10)12-8-5-9-15(12,13)14/h3-4,6-7H,2,5,8-9H2,1H3. The van der Waals surface area contributed by atoms with Crippen LogP contribution in [0, 0.1) is 0 Å². The summed E-state index contributed by atoms with van der Waals surface area (Å²) in [7, 11) is -3.04. The van der Waals surface area contributed by atoms with Crippen molar-refractivity contribution in [3.8, 4) is 0 Å². The van der Waals surface area contributed by atoms with Gasteiger partial charge in [-0.1, -0.05) is 25.1 Å². The summed E-state index contributed by atoms with van der Waals surface area (Å²) < 4.78 is 25.1. The molecule has 0 atom stereocenters. The zero-order chi connectivity index (χ0) is 10.9. The predicted octanol–water partition coefficient (Wildman–Crippen LogP) is 1.79. The maximum absolute atomic E-state index is 11.8. The minimum atomic E-state index is -3.04. The van der Waals surface area contributed by atoms with Crippen LogP contribution in [0.1, 0.15) is 18.9 Å². The van der Waals surface area contributed by atoms with Crippen molar-refractivity contribution in [1.82, 2.24) is 0 Å². The molecule has 1 aromatic carbocycles. The molecule has 1 saturated heterocycles. The summed E-state index contributed by atoms with van der Waals surface area (Å²) in [5.74, 6) is 0.283. The third kappa shape index (κ3) is 1.86. The highest BCUT2D eigenvalue weighted by Crippen LogP contribution is 2.27. The van der Waals surface area contributed by atoms with E-state index in [0.29, 0.717) is 6.54 Å². The van der Waals surface area contributed by atoms with Crippen LogP contribution >= 0.6 is 0 Å². The second-order valence-electron chi connectivity index (χ2n) is 3.72. The first-order valence-electron chi connectivity index (χ1n) is 5.23. The van der Waals surface area contributed by atoms with E-state index >= 15 is 0 Å². The molecular weight excluding hydrogens is 210 g/mol. The molecule has 1 fully saturated rings. The Morgan fingerprint density at radius 3 is 2.67 bits per heavy atom. The average Bonchev–Trinajstić information content (AvgIpc) is 2.58. The number of aryl methyl sites for hydroxylation is 1. The van der Waals surface area contributed by atoms with Crippen molar-refractivity contribution in [2.45, 2.75) is 19.8 Å². The topological polar surface area (TPSA) is 37.4 Å². The molecule has 1 aliphatic rings. The van der Waals surface area contributed by atoms with E-state index in [1.807, 2.05) is 31.2 Å². The lowest BCUT2D eigenvalue weighted by Crippen LogP contribution is -2.26. The minimum absolute atomic E-state index is 0.283. The van der Waals surface area contributed by atoms with Gasteiger partial charge in [-0.25, -0.2) is 8.42 Å². The summed E-state index contributed by atoms with van der Waals surface area (Å²) in [6, 6.07) is 7.72. The van der Waals surface area contributed by atoms with Gasteiger partial charge in [0.15, 0.2) is 0 Å². The number of para-hydroxylation sites is 1. The zero-order valence-electron chi connectivity index (χ0n) is 8.81. The van der Waals surface area contributed by atoms with Gasteiger partial charge in [-0.05, 0) is 24.5 Å². The molecule has 0 aromatic heterocycles. The second kappa shape index (κ2) is 3.85. The monoisotopic (exact) mass is 225 g/mol. The maximum atomic E-state index is 11.8. The Morgan fingerprint density at radius 1 is 1.33 bits per heavy atom. The van der Waals surface area contributed by atoms with E-state index in [4.69, 9.17) is 0 Å². The van der Waals surface area contributed by atoms with Crippen molar-refractivity contribution in [3.63, 3.8) is 0 Å². The third-order valence-electron chi connectivity index (χ3n) is 2.74. The highest BCUT2D eigenvalue weighted by Gasteiger charge is 2.29. The Morgan fingerprint density at radius 2 is 2.07 bits per heavy atom. The molecule has 4 heteroatoms. The van der Waals surface area contributed by atoms with Crippen LogP contribution in [0.2, 0.25) is 0 Å². The molecule has 3 nitrogen and oxygen atoms in total. The van der Waals surface area contributed by atoms with Gasteiger partial charge in [0.2, 0.25) is 10.0 Å². The first kappa shape index (κ1) is 10.5. The summed E-state index contributed by atoms with van der Waals surface area (Å²) in [5, 5.41) is 0. The van der Waals surface area contributed by atoms with Crippen molar-refractivity contribution in [2.75, 3.05) is 16.6 Å². The SMILES string of the molecule is CCc1ccccc1N1CCCS1(=O)=O. The highest BCUT2D eigenvalue weighted by molar-refractivity contribution is 7.93. The molecule has 0 saturated carbocycles. The maximum Gasteiger partial charge on any atom is 0.235 e. The van der Waals surface area contributed by atoms with Crippen LogP contribution in [0.3, 0.4) is 0 Å². The molecule has 0 bridgehead atoms. The van der Waals surface area contributed by atoms with Gasteiger partial charge in [-0.2, -0.15) is 0 Å². The van der Waals surface area contributed by atoms with E-state index in [-0.39, 0.29) is 5.75 Å². The van der Waals surface area contributed by atoms with Crippen molar-refractivity contribution < 1.29 is 8.42 Å². The van der Waals surface area contributed by atoms with Gasteiger partial charge in [-0.3, -0.25) is 4.31 Å². The lowest BCUT2D eigenvalue weighted by Gasteiger charge is -2.19. The van der Waals surface area contributed by atoms with E-state index in [2.05, 4.69) is 0 Å². The lowest BCUT2D eigenvalue weighted by molar-refractivity contribution is 0.599. The number of benzene rings is 1. The Hall–Kier alpha value is -1.03. The Balaban J connectivity index is 2.45. The molecular formula is C11H15NO2S. The first-order valence-corrected chi connectivity index (χ1v) is 6.84. The number of rotatable bonds is 2. The van der Waals surface area contributed by atoms with Crippen molar-refractivity contribution in [2.24, 2.45) is 0 Å². The molecule has 0 spiro atoms. The molecule has 1 aliphatic heterocycles. The van der Waals surface area contributed by atoms with Gasteiger partial charge in [0.05, 0.1) is 11.4 Å². The Bertz CT molecular complexity index is 453. The molecule has 0 radical (unpaired) electrons. The predicted molar refractivity (Wildman–Crippen MR) is 61.6 cm³/mol. The quantitative estimate of drug-likeness (QED) is 0.769. The van der Waals surface area contributed by atoms with E-state index in [1.165, 1.54) is 0 Å². The number of sulfonamides is 1. The summed E-state index contributed by atoms with van der Waals surface area (Å²) >= 11 is 0. The normalized spacial score (nSPS) is 19.4. The van der Waals surface area contributed by atoms with Crippen LogP contribution < -0.4 is 4.31 Å². The average molecular weight is 225 g/mol. The van der Waals surface area contributed by atoms with Crippen LogP contribution in [0.15, 0.2) is 24.3 Å². The van der Waals surface area contributed by atoms with Gasteiger partial charge in [-0.15, -0.1) is 0 Å². The molecule has 0 amide bonds. The smallest absolute Gasteiger partial charge is 0.235 e. The van der Waals surface area contributed by atoms with E-state index in [9.17, 15) is 8.42 Å². The number of anilines is 1. The fourth-order valence-electron chi connectivity index (χ4n) is 1.96. The molecule has 0 unspecified atom stereocenters. The summed E-state index contributed by atoms with van der Waals surface area (Å²) in [6.07, 6.45) is 1.60. The van der Waals surface area contributed by atoms with Crippen LogP contribution in [-0.2, 0) is 16.4 Å². The number of hydrogen-bond donors (Lipinski definition) is 0. The fraction of sp³-hybridized carbons (Fsp3) is 0.455. The van der Waals surface area contributed by atoms with Crippen LogP contribution in [0.25, 0.3) is 0 Å². The number of hydrogen-bond acceptors (Lipinski definition) is 2. The molecule has 1 aromatic rings. The van der Waals surface area contributed by atoms with Crippen molar-refractivity contribution in [1.29, 1.82) is 0 Å². The largest absolute Gasteiger partial charge is 0.270 e. The van der Waals surface area contributed by atoms with Crippen molar-refractivity contribution in [3.05, 3.63) is 29.8 Å².